The van der Waals surface area contributed by atoms with Gasteiger partial charge < -0.3 is 9.80 Å². The molecule has 0 unspecified atom stereocenters. The normalized spacial score (nSPS) is 15.8. The van der Waals surface area contributed by atoms with Crippen LogP contribution in [0.15, 0.2) is 42.7 Å². The zero-order valence-electron chi connectivity index (χ0n) is 14.1. The Morgan fingerprint density at radius 1 is 0.917 bits per heavy atom. The predicted octanol–water partition coefficient (Wildman–Crippen LogP) is 2.75. The first-order chi connectivity index (χ1) is 11.7. The first-order valence-corrected chi connectivity index (χ1v) is 8.33. The Hall–Kier alpha value is -2.53. The maximum Gasteiger partial charge on any atom is 0.225 e. The third kappa shape index (κ3) is 2.83. The Morgan fingerprint density at radius 3 is 2.42 bits per heavy atom. The van der Waals surface area contributed by atoms with E-state index < -0.39 is 0 Å². The van der Waals surface area contributed by atoms with E-state index in [2.05, 4.69) is 43.9 Å². The standard InChI is InChI=1S/C19H21N5/c1-14-6-7-17-16(4-3-5-18(17)22-14)15-12-20-19(21-13-15)24-10-8-23(2)9-11-24/h3-7,12-13H,8-11H2,1-2H3. The number of pyridine rings is 1. The van der Waals surface area contributed by atoms with Gasteiger partial charge in [-0.05, 0) is 31.7 Å². The molecule has 0 amide bonds. The molecule has 122 valence electrons. The van der Waals surface area contributed by atoms with Crippen molar-refractivity contribution in [3.63, 3.8) is 0 Å². The lowest BCUT2D eigenvalue weighted by Gasteiger charge is -2.32. The van der Waals surface area contributed by atoms with Gasteiger partial charge in [-0.15, -0.1) is 0 Å². The van der Waals surface area contributed by atoms with Crippen molar-refractivity contribution >= 4 is 16.9 Å². The number of benzene rings is 1. The highest BCUT2D eigenvalue weighted by Gasteiger charge is 2.16. The molecule has 5 heteroatoms. The molecule has 3 heterocycles. The van der Waals surface area contributed by atoms with Crippen molar-refractivity contribution in [1.82, 2.24) is 19.9 Å². The molecule has 1 aliphatic rings. The van der Waals surface area contributed by atoms with Crippen LogP contribution in [0.3, 0.4) is 0 Å². The van der Waals surface area contributed by atoms with Gasteiger partial charge in [-0.3, -0.25) is 4.98 Å². The lowest BCUT2D eigenvalue weighted by atomic mass is 10.0. The molecule has 1 aromatic carbocycles. The first-order valence-electron chi connectivity index (χ1n) is 8.33. The Morgan fingerprint density at radius 2 is 1.67 bits per heavy atom. The molecular formula is C19H21N5. The summed E-state index contributed by atoms with van der Waals surface area (Å²) in [6, 6.07) is 10.4. The van der Waals surface area contributed by atoms with Gasteiger partial charge in [0.2, 0.25) is 5.95 Å². The van der Waals surface area contributed by atoms with E-state index in [1.54, 1.807) is 0 Å². The van der Waals surface area contributed by atoms with E-state index in [0.717, 1.165) is 59.9 Å². The summed E-state index contributed by atoms with van der Waals surface area (Å²) in [6.07, 6.45) is 3.85. The minimum Gasteiger partial charge on any atom is -0.338 e. The Labute approximate surface area is 142 Å². The monoisotopic (exact) mass is 319 g/mol. The van der Waals surface area contributed by atoms with E-state index in [1.165, 1.54) is 0 Å². The van der Waals surface area contributed by atoms with Crippen molar-refractivity contribution in [3.05, 3.63) is 48.4 Å². The van der Waals surface area contributed by atoms with Crippen LogP contribution in [-0.2, 0) is 0 Å². The lowest BCUT2D eigenvalue weighted by Crippen LogP contribution is -2.45. The van der Waals surface area contributed by atoms with Crippen LogP contribution in [0.25, 0.3) is 22.0 Å². The summed E-state index contributed by atoms with van der Waals surface area (Å²) < 4.78 is 0. The number of aryl methyl sites for hydroxylation is 1. The molecule has 0 radical (unpaired) electrons. The quantitative estimate of drug-likeness (QED) is 0.727. The van der Waals surface area contributed by atoms with Crippen LogP contribution in [-0.4, -0.2) is 53.1 Å². The van der Waals surface area contributed by atoms with Crippen LogP contribution in [0.2, 0.25) is 0 Å². The number of rotatable bonds is 2. The number of fused-ring (bicyclic) bond motifs is 1. The average molecular weight is 319 g/mol. The SMILES string of the molecule is Cc1ccc2c(-c3cnc(N4CCN(C)CC4)nc3)cccc2n1. The summed E-state index contributed by atoms with van der Waals surface area (Å²) in [7, 11) is 2.15. The molecule has 5 nitrogen and oxygen atoms in total. The van der Waals surface area contributed by atoms with Crippen molar-refractivity contribution in [1.29, 1.82) is 0 Å². The number of hydrogen-bond donors (Lipinski definition) is 0. The fraction of sp³-hybridized carbons (Fsp3) is 0.316. The van der Waals surface area contributed by atoms with Crippen LogP contribution >= 0.6 is 0 Å². The summed E-state index contributed by atoms with van der Waals surface area (Å²) in [4.78, 5) is 18.4. The highest BCUT2D eigenvalue weighted by molar-refractivity contribution is 5.94. The van der Waals surface area contributed by atoms with E-state index in [1.807, 2.05) is 37.5 Å². The molecule has 2 aromatic heterocycles. The largest absolute Gasteiger partial charge is 0.338 e. The summed E-state index contributed by atoms with van der Waals surface area (Å²) in [5, 5.41) is 1.14. The number of piperazine rings is 1. The molecule has 0 aliphatic carbocycles. The van der Waals surface area contributed by atoms with Gasteiger partial charge in [-0.25, -0.2) is 9.97 Å². The summed E-state index contributed by atoms with van der Waals surface area (Å²) >= 11 is 0. The molecule has 0 spiro atoms. The maximum atomic E-state index is 4.61. The lowest BCUT2D eigenvalue weighted by molar-refractivity contribution is 0.311. The van der Waals surface area contributed by atoms with Gasteiger partial charge in [0.1, 0.15) is 0 Å². The zero-order valence-corrected chi connectivity index (χ0v) is 14.1. The number of aromatic nitrogens is 3. The molecule has 0 bridgehead atoms. The van der Waals surface area contributed by atoms with Crippen LogP contribution in [0.4, 0.5) is 5.95 Å². The molecule has 1 saturated heterocycles. The zero-order chi connectivity index (χ0) is 16.5. The smallest absolute Gasteiger partial charge is 0.225 e. The van der Waals surface area contributed by atoms with Gasteiger partial charge in [-0.1, -0.05) is 18.2 Å². The Balaban J connectivity index is 1.66. The molecule has 1 fully saturated rings. The van der Waals surface area contributed by atoms with Crippen molar-refractivity contribution < 1.29 is 0 Å². The Kier molecular flexibility index (Phi) is 3.86. The second-order valence-corrected chi connectivity index (χ2v) is 6.39. The third-order valence-electron chi connectivity index (χ3n) is 4.61. The molecule has 4 rings (SSSR count). The molecular weight excluding hydrogens is 298 g/mol. The van der Waals surface area contributed by atoms with Crippen LogP contribution in [0.1, 0.15) is 5.69 Å². The summed E-state index contributed by atoms with van der Waals surface area (Å²) in [5.74, 6) is 0.820. The molecule has 3 aromatic rings. The maximum absolute atomic E-state index is 4.61. The van der Waals surface area contributed by atoms with Crippen molar-refractivity contribution in [2.75, 3.05) is 38.1 Å². The minimum absolute atomic E-state index is 0.820. The topological polar surface area (TPSA) is 45.2 Å². The first kappa shape index (κ1) is 15.0. The number of hydrogen-bond acceptors (Lipinski definition) is 5. The number of nitrogens with zero attached hydrogens (tertiary/aromatic N) is 5. The second kappa shape index (κ2) is 6.17. The van der Waals surface area contributed by atoms with Gasteiger partial charge in [0, 0.05) is 55.2 Å². The fourth-order valence-electron chi connectivity index (χ4n) is 3.14. The van der Waals surface area contributed by atoms with Gasteiger partial charge in [-0.2, -0.15) is 0 Å². The van der Waals surface area contributed by atoms with Gasteiger partial charge in [0.25, 0.3) is 0 Å². The molecule has 1 aliphatic heterocycles. The molecule has 24 heavy (non-hydrogen) atoms. The second-order valence-electron chi connectivity index (χ2n) is 6.39. The van der Waals surface area contributed by atoms with E-state index in [0.29, 0.717) is 0 Å². The van der Waals surface area contributed by atoms with E-state index in [4.69, 9.17) is 0 Å². The van der Waals surface area contributed by atoms with Crippen molar-refractivity contribution in [2.24, 2.45) is 0 Å². The van der Waals surface area contributed by atoms with Gasteiger partial charge in [0.15, 0.2) is 0 Å². The highest BCUT2D eigenvalue weighted by Crippen LogP contribution is 2.27. The summed E-state index contributed by atoms with van der Waals surface area (Å²) in [6.45, 7) is 6.08. The van der Waals surface area contributed by atoms with Crippen molar-refractivity contribution in [2.45, 2.75) is 6.92 Å². The van der Waals surface area contributed by atoms with Gasteiger partial charge in [0.05, 0.1) is 5.52 Å². The van der Waals surface area contributed by atoms with Crippen molar-refractivity contribution in [3.8, 4) is 11.1 Å². The van der Waals surface area contributed by atoms with Crippen LogP contribution < -0.4 is 4.90 Å². The highest BCUT2D eigenvalue weighted by atomic mass is 15.3. The predicted molar refractivity (Wildman–Crippen MR) is 97.2 cm³/mol. The van der Waals surface area contributed by atoms with E-state index in [9.17, 15) is 0 Å². The molecule has 0 N–H and O–H groups in total. The Bertz CT molecular complexity index is 851. The molecule has 0 atom stereocenters. The molecule has 0 saturated carbocycles. The van der Waals surface area contributed by atoms with E-state index >= 15 is 0 Å². The minimum atomic E-state index is 0.820. The van der Waals surface area contributed by atoms with Crippen LogP contribution in [0.5, 0.6) is 0 Å². The van der Waals surface area contributed by atoms with E-state index in [-0.39, 0.29) is 0 Å². The third-order valence-corrected chi connectivity index (χ3v) is 4.61. The fourth-order valence-corrected chi connectivity index (χ4v) is 3.14. The average Bonchev–Trinajstić information content (AvgIpc) is 2.62. The number of anilines is 1. The summed E-state index contributed by atoms with van der Waals surface area (Å²) in [5.41, 5.74) is 4.20. The van der Waals surface area contributed by atoms with Crippen LogP contribution in [0, 0.1) is 6.92 Å². The van der Waals surface area contributed by atoms with Gasteiger partial charge >= 0.3 is 0 Å². The number of likely N-dealkylation sites (N-methyl/N-ethyl adjacent to an activating group) is 1.